The van der Waals surface area contributed by atoms with Crippen LogP contribution in [0.2, 0.25) is 0 Å². The molecule has 0 aromatic carbocycles. The lowest BCUT2D eigenvalue weighted by Crippen LogP contribution is -2.48. The fourth-order valence-electron chi connectivity index (χ4n) is 2.59. The number of hydrogen-bond acceptors (Lipinski definition) is 5. The quantitative estimate of drug-likeness (QED) is 0.690. The van der Waals surface area contributed by atoms with Crippen molar-refractivity contribution in [3.8, 4) is 0 Å². The maximum absolute atomic E-state index is 12.1. The van der Waals surface area contributed by atoms with Gasteiger partial charge in [0.05, 0.1) is 5.92 Å². The lowest BCUT2D eigenvalue weighted by molar-refractivity contribution is -0.142. The van der Waals surface area contributed by atoms with Gasteiger partial charge in [-0.05, 0) is 12.8 Å². The standard InChI is InChI=1S/C12H23N3O4S2/c16-12(17)11-1-4-15(5-2-11)21(18,19)13-3-6-14-7-9-20-10-8-14/h11,13H,1-10H2,(H,16,17). The van der Waals surface area contributed by atoms with Crippen LogP contribution in [0, 0.1) is 5.92 Å². The molecule has 2 rings (SSSR count). The van der Waals surface area contributed by atoms with E-state index in [0.29, 0.717) is 19.4 Å². The monoisotopic (exact) mass is 337 g/mol. The number of nitrogens with zero attached hydrogens (tertiary/aromatic N) is 2. The van der Waals surface area contributed by atoms with E-state index >= 15 is 0 Å². The van der Waals surface area contributed by atoms with Crippen LogP contribution < -0.4 is 4.72 Å². The van der Waals surface area contributed by atoms with E-state index in [1.165, 1.54) is 4.31 Å². The highest BCUT2D eigenvalue weighted by atomic mass is 32.2. The third-order valence-electron chi connectivity index (χ3n) is 3.96. The van der Waals surface area contributed by atoms with Gasteiger partial charge < -0.3 is 10.0 Å². The number of rotatable bonds is 6. The predicted octanol–water partition coefficient (Wildman–Crippen LogP) is -0.334. The molecule has 2 aliphatic rings. The molecule has 0 aromatic rings. The smallest absolute Gasteiger partial charge is 0.306 e. The average molecular weight is 337 g/mol. The Morgan fingerprint density at radius 2 is 1.81 bits per heavy atom. The van der Waals surface area contributed by atoms with Crippen molar-refractivity contribution < 1.29 is 18.3 Å². The second-order valence-corrected chi connectivity index (χ2v) is 8.34. The van der Waals surface area contributed by atoms with Crippen molar-refractivity contribution in [2.45, 2.75) is 12.8 Å². The summed E-state index contributed by atoms with van der Waals surface area (Å²) < 4.78 is 28.3. The lowest BCUT2D eigenvalue weighted by atomic mass is 9.99. The largest absolute Gasteiger partial charge is 0.481 e. The Bertz CT molecular complexity index is 443. The van der Waals surface area contributed by atoms with Gasteiger partial charge in [0.2, 0.25) is 0 Å². The zero-order chi connectivity index (χ0) is 15.3. The van der Waals surface area contributed by atoms with Crippen molar-refractivity contribution >= 4 is 27.9 Å². The molecular weight excluding hydrogens is 314 g/mol. The second kappa shape index (κ2) is 7.77. The summed E-state index contributed by atoms with van der Waals surface area (Å²) in [5, 5.41) is 8.92. The first-order valence-electron chi connectivity index (χ1n) is 7.26. The summed E-state index contributed by atoms with van der Waals surface area (Å²) in [6.07, 6.45) is 0.777. The third-order valence-corrected chi connectivity index (χ3v) is 6.52. The number of carboxylic acids is 1. The highest BCUT2D eigenvalue weighted by Crippen LogP contribution is 2.19. The Morgan fingerprint density at radius 3 is 2.38 bits per heavy atom. The number of carbonyl (C=O) groups is 1. The minimum Gasteiger partial charge on any atom is -0.481 e. The minimum atomic E-state index is -3.47. The molecule has 0 bridgehead atoms. The van der Waals surface area contributed by atoms with Crippen LogP contribution in [0.4, 0.5) is 0 Å². The summed E-state index contributed by atoms with van der Waals surface area (Å²) in [6, 6.07) is 0. The first-order valence-corrected chi connectivity index (χ1v) is 9.86. The van der Waals surface area contributed by atoms with Crippen LogP contribution in [-0.2, 0) is 15.0 Å². The molecule has 0 unspecified atom stereocenters. The molecule has 0 aromatic heterocycles. The third kappa shape index (κ3) is 5.10. The molecular formula is C12H23N3O4S2. The van der Waals surface area contributed by atoms with E-state index in [2.05, 4.69) is 9.62 Å². The second-order valence-electron chi connectivity index (χ2n) is 5.36. The van der Waals surface area contributed by atoms with Crippen molar-refractivity contribution in [3.63, 3.8) is 0 Å². The van der Waals surface area contributed by atoms with Crippen LogP contribution in [0.5, 0.6) is 0 Å². The number of aliphatic carboxylic acids is 1. The molecule has 122 valence electrons. The van der Waals surface area contributed by atoms with Crippen molar-refractivity contribution in [2.24, 2.45) is 5.92 Å². The van der Waals surface area contributed by atoms with E-state index in [1.54, 1.807) is 0 Å². The van der Waals surface area contributed by atoms with E-state index in [4.69, 9.17) is 5.11 Å². The topological polar surface area (TPSA) is 90.0 Å². The van der Waals surface area contributed by atoms with Crippen LogP contribution in [0.3, 0.4) is 0 Å². The average Bonchev–Trinajstić information content (AvgIpc) is 2.48. The summed E-state index contributed by atoms with van der Waals surface area (Å²) in [5.74, 6) is 0.968. The first kappa shape index (κ1) is 17.0. The lowest BCUT2D eigenvalue weighted by Gasteiger charge is -2.30. The highest BCUT2D eigenvalue weighted by Gasteiger charge is 2.30. The first-order chi connectivity index (χ1) is 9.99. The molecule has 0 amide bonds. The molecule has 9 heteroatoms. The van der Waals surface area contributed by atoms with Gasteiger partial charge >= 0.3 is 5.97 Å². The fraction of sp³-hybridized carbons (Fsp3) is 0.917. The van der Waals surface area contributed by atoms with Gasteiger partial charge in [0.15, 0.2) is 0 Å². The molecule has 0 saturated carbocycles. The number of nitrogens with one attached hydrogen (secondary N) is 1. The van der Waals surface area contributed by atoms with E-state index in [9.17, 15) is 13.2 Å². The van der Waals surface area contributed by atoms with E-state index in [-0.39, 0.29) is 13.1 Å². The summed E-state index contributed by atoms with van der Waals surface area (Å²) >= 11 is 1.93. The van der Waals surface area contributed by atoms with Crippen LogP contribution in [-0.4, -0.2) is 79.5 Å². The van der Waals surface area contributed by atoms with Gasteiger partial charge in [-0.15, -0.1) is 0 Å². The molecule has 2 aliphatic heterocycles. The Morgan fingerprint density at radius 1 is 1.19 bits per heavy atom. The minimum absolute atomic E-state index is 0.284. The fourth-order valence-corrected chi connectivity index (χ4v) is 4.79. The number of thioether (sulfide) groups is 1. The summed E-state index contributed by atoms with van der Waals surface area (Å²) in [7, 11) is -3.47. The SMILES string of the molecule is O=C(O)C1CCN(S(=O)(=O)NCCN2CCSCC2)CC1. The number of hydrogen-bond donors (Lipinski definition) is 2. The maximum Gasteiger partial charge on any atom is 0.306 e. The summed E-state index contributed by atoms with van der Waals surface area (Å²) in [6.45, 7) is 3.73. The number of piperidine rings is 1. The maximum atomic E-state index is 12.1. The van der Waals surface area contributed by atoms with E-state index < -0.39 is 22.1 Å². The molecule has 2 N–H and O–H groups in total. The van der Waals surface area contributed by atoms with Gasteiger partial charge in [0.1, 0.15) is 0 Å². The normalized spacial score (nSPS) is 23.2. The molecule has 0 atom stereocenters. The molecule has 2 heterocycles. The zero-order valence-corrected chi connectivity index (χ0v) is 13.7. The van der Waals surface area contributed by atoms with E-state index in [1.807, 2.05) is 11.8 Å². The van der Waals surface area contributed by atoms with Crippen LogP contribution in [0.1, 0.15) is 12.8 Å². The van der Waals surface area contributed by atoms with Crippen molar-refractivity contribution in [3.05, 3.63) is 0 Å². The number of carboxylic acid groups (broad SMARTS) is 1. The van der Waals surface area contributed by atoms with Crippen LogP contribution >= 0.6 is 11.8 Å². The highest BCUT2D eigenvalue weighted by molar-refractivity contribution is 7.99. The molecule has 21 heavy (non-hydrogen) atoms. The molecule has 0 spiro atoms. The van der Waals surface area contributed by atoms with Gasteiger partial charge in [-0.3, -0.25) is 4.79 Å². The predicted molar refractivity (Wildman–Crippen MR) is 82.6 cm³/mol. The Hall–Kier alpha value is -0.350. The summed E-state index contributed by atoms with van der Waals surface area (Å²) in [5.41, 5.74) is 0. The van der Waals surface area contributed by atoms with Gasteiger partial charge in [0.25, 0.3) is 10.2 Å². The zero-order valence-electron chi connectivity index (χ0n) is 12.0. The summed E-state index contributed by atoms with van der Waals surface area (Å²) in [4.78, 5) is 13.1. The van der Waals surface area contributed by atoms with Crippen molar-refractivity contribution in [1.82, 2.24) is 13.9 Å². The van der Waals surface area contributed by atoms with Crippen molar-refractivity contribution in [2.75, 3.05) is 50.8 Å². The van der Waals surface area contributed by atoms with Crippen LogP contribution in [0.25, 0.3) is 0 Å². The van der Waals surface area contributed by atoms with Gasteiger partial charge in [-0.2, -0.15) is 24.5 Å². The van der Waals surface area contributed by atoms with Gasteiger partial charge in [-0.1, -0.05) is 0 Å². The van der Waals surface area contributed by atoms with Gasteiger partial charge in [-0.25, -0.2) is 4.72 Å². The molecule has 2 fully saturated rings. The Labute approximate surface area is 130 Å². The Kier molecular flexibility index (Phi) is 6.30. The Balaban J connectivity index is 1.73. The molecule has 0 aliphatic carbocycles. The van der Waals surface area contributed by atoms with Crippen LogP contribution in [0.15, 0.2) is 0 Å². The van der Waals surface area contributed by atoms with Gasteiger partial charge in [0, 0.05) is 50.8 Å². The van der Waals surface area contributed by atoms with E-state index in [0.717, 1.165) is 31.1 Å². The van der Waals surface area contributed by atoms with Crippen molar-refractivity contribution in [1.29, 1.82) is 0 Å². The molecule has 7 nitrogen and oxygen atoms in total. The molecule has 2 saturated heterocycles. The molecule has 0 radical (unpaired) electrons.